The van der Waals surface area contributed by atoms with Gasteiger partial charge in [0, 0.05) is 12.6 Å². The van der Waals surface area contributed by atoms with Gasteiger partial charge >= 0.3 is 6.61 Å². The Kier molecular flexibility index (Phi) is 6.08. The molecule has 28 heavy (non-hydrogen) atoms. The van der Waals surface area contributed by atoms with Gasteiger partial charge < -0.3 is 9.30 Å². The van der Waals surface area contributed by atoms with E-state index < -0.39 is 6.61 Å². The Morgan fingerprint density at radius 3 is 2.46 bits per heavy atom. The van der Waals surface area contributed by atoms with Gasteiger partial charge in [-0.2, -0.15) is 8.78 Å². The Labute approximate surface area is 165 Å². The summed E-state index contributed by atoms with van der Waals surface area (Å²) in [6.45, 7) is 0.801. The second-order valence-corrected chi connectivity index (χ2v) is 7.26. The summed E-state index contributed by atoms with van der Waals surface area (Å²) in [4.78, 5) is 12.6. The molecule has 3 aromatic rings. The van der Waals surface area contributed by atoms with E-state index in [1.54, 1.807) is 23.6 Å². The molecule has 3 rings (SSSR count). The highest BCUT2D eigenvalue weighted by atomic mass is 32.2. The van der Waals surface area contributed by atoms with Crippen LogP contribution in [0.4, 0.5) is 8.78 Å². The Morgan fingerprint density at radius 1 is 1.11 bits per heavy atom. The summed E-state index contributed by atoms with van der Waals surface area (Å²) in [6, 6.07) is 12.5. The number of nitrogens with zero attached hydrogens (tertiary/aromatic N) is 3. The highest BCUT2D eigenvalue weighted by Crippen LogP contribution is 2.27. The molecular formula is C20H19F2N3O2S. The molecule has 0 fully saturated rings. The van der Waals surface area contributed by atoms with E-state index in [9.17, 15) is 13.6 Å². The minimum atomic E-state index is -2.99. The lowest BCUT2D eigenvalue weighted by Gasteiger charge is -2.10. The van der Waals surface area contributed by atoms with Crippen LogP contribution in [0.1, 0.15) is 21.5 Å². The first-order chi connectivity index (χ1) is 13.3. The third kappa shape index (κ3) is 4.56. The van der Waals surface area contributed by atoms with Crippen molar-refractivity contribution in [1.29, 1.82) is 0 Å². The van der Waals surface area contributed by atoms with Gasteiger partial charge in [0.15, 0.2) is 16.8 Å². The van der Waals surface area contributed by atoms with Gasteiger partial charge in [0.05, 0.1) is 11.3 Å². The number of rotatable bonds is 7. The first-order valence-corrected chi connectivity index (χ1v) is 9.51. The van der Waals surface area contributed by atoms with Crippen LogP contribution in [0.3, 0.4) is 0 Å². The molecule has 0 atom stereocenters. The number of hydrogen-bond acceptors (Lipinski definition) is 5. The number of aromatic nitrogens is 3. The Hall–Kier alpha value is -2.74. The van der Waals surface area contributed by atoms with Crippen LogP contribution in [-0.2, 0) is 7.05 Å². The first-order valence-electron chi connectivity index (χ1n) is 8.53. The molecule has 0 aliphatic carbocycles. The molecule has 1 aromatic heterocycles. The zero-order valence-electron chi connectivity index (χ0n) is 15.6. The van der Waals surface area contributed by atoms with Gasteiger partial charge in [0.2, 0.25) is 0 Å². The zero-order valence-corrected chi connectivity index (χ0v) is 16.5. The normalized spacial score (nSPS) is 11.1. The molecule has 2 aromatic carbocycles. The van der Waals surface area contributed by atoms with E-state index in [4.69, 9.17) is 0 Å². The van der Waals surface area contributed by atoms with E-state index >= 15 is 0 Å². The number of thioether (sulfide) groups is 1. The number of Topliss-reactive ketones (excluding diaryl/α,β-unsaturated/α-hetero) is 1. The number of hydrogen-bond donors (Lipinski definition) is 0. The minimum absolute atomic E-state index is 0.0307. The zero-order chi connectivity index (χ0) is 20.3. The van der Waals surface area contributed by atoms with Crippen LogP contribution >= 0.6 is 11.8 Å². The van der Waals surface area contributed by atoms with Gasteiger partial charge in [-0.1, -0.05) is 53.2 Å². The molecule has 0 saturated heterocycles. The van der Waals surface area contributed by atoms with Gasteiger partial charge in [-0.3, -0.25) is 4.79 Å². The van der Waals surface area contributed by atoms with Crippen LogP contribution in [0.2, 0.25) is 0 Å². The number of halogens is 2. The fourth-order valence-corrected chi connectivity index (χ4v) is 3.46. The van der Waals surface area contributed by atoms with E-state index in [1.807, 2.05) is 38.2 Å². The van der Waals surface area contributed by atoms with Crippen LogP contribution in [0, 0.1) is 13.8 Å². The van der Waals surface area contributed by atoms with Gasteiger partial charge in [0.1, 0.15) is 5.75 Å². The summed E-state index contributed by atoms with van der Waals surface area (Å²) >= 11 is 1.20. The molecule has 0 N–H and O–H groups in total. The number of ether oxygens (including phenoxy) is 1. The largest absolute Gasteiger partial charge is 0.434 e. The lowest BCUT2D eigenvalue weighted by molar-refractivity contribution is -0.0501. The first kappa shape index (κ1) is 20.0. The maximum Gasteiger partial charge on any atom is 0.387 e. The Bertz CT molecular complexity index is 988. The van der Waals surface area contributed by atoms with Crippen LogP contribution in [0.15, 0.2) is 47.6 Å². The van der Waals surface area contributed by atoms with E-state index in [1.165, 1.54) is 17.8 Å². The fraction of sp³-hybridized carbons (Fsp3) is 0.250. The third-order valence-corrected chi connectivity index (χ3v) is 5.15. The molecular weight excluding hydrogens is 384 g/mol. The number of carbonyl (C=O) groups is 1. The van der Waals surface area contributed by atoms with Crippen LogP contribution in [0.25, 0.3) is 11.4 Å². The van der Waals surface area contributed by atoms with E-state index in [-0.39, 0.29) is 22.8 Å². The lowest BCUT2D eigenvalue weighted by Crippen LogP contribution is -2.10. The predicted octanol–water partition coefficient (Wildman–Crippen LogP) is 4.68. The standard InChI is InChI=1S/C20H19F2N3O2S/c1-12-4-7-14(8-5-12)18-23-24-20(25(18)3)28-11-16(26)15-10-13(2)6-9-17(15)27-19(21)22/h4-10,19H,11H2,1-3H3. The average molecular weight is 403 g/mol. The highest BCUT2D eigenvalue weighted by Gasteiger charge is 2.18. The average Bonchev–Trinajstić information content (AvgIpc) is 3.02. The summed E-state index contributed by atoms with van der Waals surface area (Å²) in [7, 11) is 1.82. The third-order valence-electron chi connectivity index (χ3n) is 4.13. The molecule has 0 amide bonds. The second-order valence-electron chi connectivity index (χ2n) is 6.32. The Morgan fingerprint density at radius 2 is 1.79 bits per heavy atom. The number of aryl methyl sites for hydroxylation is 2. The molecule has 1 heterocycles. The maximum absolute atomic E-state index is 12.6. The van der Waals surface area contributed by atoms with Crippen molar-refractivity contribution >= 4 is 17.5 Å². The van der Waals surface area contributed by atoms with Crippen molar-refractivity contribution in [1.82, 2.24) is 14.8 Å². The number of carbonyl (C=O) groups excluding carboxylic acids is 1. The monoisotopic (exact) mass is 403 g/mol. The Balaban J connectivity index is 1.75. The molecule has 0 unspecified atom stereocenters. The van der Waals surface area contributed by atoms with Crippen molar-refractivity contribution in [2.45, 2.75) is 25.6 Å². The summed E-state index contributed by atoms with van der Waals surface area (Å²) in [5.41, 5.74) is 2.99. The van der Waals surface area contributed by atoms with Crippen molar-refractivity contribution in [3.05, 3.63) is 59.2 Å². The van der Waals surface area contributed by atoms with Gasteiger partial charge in [-0.05, 0) is 26.0 Å². The van der Waals surface area contributed by atoms with Crippen LogP contribution in [-0.4, -0.2) is 32.9 Å². The second kappa shape index (κ2) is 8.52. The maximum atomic E-state index is 12.6. The molecule has 0 spiro atoms. The SMILES string of the molecule is Cc1ccc(-c2nnc(SCC(=O)c3cc(C)ccc3OC(F)F)n2C)cc1. The molecule has 0 aliphatic heterocycles. The van der Waals surface area contributed by atoms with Crippen molar-refractivity contribution in [2.75, 3.05) is 5.75 Å². The molecule has 0 bridgehead atoms. The summed E-state index contributed by atoms with van der Waals surface area (Å²) in [5, 5.41) is 8.90. The highest BCUT2D eigenvalue weighted by molar-refractivity contribution is 7.99. The van der Waals surface area contributed by atoms with Crippen molar-refractivity contribution < 1.29 is 18.3 Å². The summed E-state index contributed by atoms with van der Waals surface area (Å²) < 4.78 is 31.5. The van der Waals surface area contributed by atoms with E-state index in [0.717, 1.165) is 16.7 Å². The number of alkyl halides is 2. The molecule has 8 heteroatoms. The summed E-state index contributed by atoms with van der Waals surface area (Å²) in [6.07, 6.45) is 0. The molecule has 0 radical (unpaired) electrons. The van der Waals surface area contributed by atoms with Crippen molar-refractivity contribution in [3.63, 3.8) is 0 Å². The topological polar surface area (TPSA) is 57.0 Å². The van der Waals surface area contributed by atoms with Crippen LogP contribution < -0.4 is 4.74 Å². The van der Waals surface area contributed by atoms with E-state index in [0.29, 0.717) is 11.0 Å². The minimum Gasteiger partial charge on any atom is -0.434 e. The molecule has 0 saturated carbocycles. The van der Waals surface area contributed by atoms with Gasteiger partial charge in [-0.25, -0.2) is 0 Å². The quantitative estimate of drug-likeness (QED) is 0.424. The summed E-state index contributed by atoms with van der Waals surface area (Å²) in [5.74, 6) is 0.282. The van der Waals surface area contributed by atoms with E-state index in [2.05, 4.69) is 14.9 Å². The van der Waals surface area contributed by atoms with Crippen molar-refractivity contribution in [3.8, 4) is 17.1 Å². The number of ketones is 1. The molecule has 146 valence electrons. The van der Waals surface area contributed by atoms with Gasteiger partial charge in [-0.15, -0.1) is 10.2 Å². The molecule has 0 aliphatic rings. The lowest BCUT2D eigenvalue weighted by atomic mass is 10.1. The number of benzene rings is 2. The van der Waals surface area contributed by atoms with Crippen molar-refractivity contribution in [2.24, 2.45) is 7.05 Å². The predicted molar refractivity (Wildman–Crippen MR) is 104 cm³/mol. The van der Waals surface area contributed by atoms with Gasteiger partial charge in [0.25, 0.3) is 0 Å². The smallest absolute Gasteiger partial charge is 0.387 e. The fourth-order valence-electron chi connectivity index (χ4n) is 2.66. The van der Waals surface area contributed by atoms with Crippen LogP contribution in [0.5, 0.6) is 5.75 Å². The molecule has 5 nitrogen and oxygen atoms in total.